The minimum atomic E-state index is 0.607. The Hall–Kier alpha value is -1.32. The molecule has 0 bridgehead atoms. The van der Waals surface area contributed by atoms with E-state index in [1.54, 1.807) is 0 Å². The van der Waals surface area contributed by atoms with E-state index in [0.29, 0.717) is 5.92 Å². The van der Waals surface area contributed by atoms with E-state index in [2.05, 4.69) is 19.1 Å². The Morgan fingerprint density at radius 1 is 0.815 bits per heavy atom. The monoisotopic (exact) mass is 366 g/mol. The van der Waals surface area contributed by atoms with E-state index >= 15 is 0 Å². The summed E-state index contributed by atoms with van der Waals surface area (Å²) in [5.41, 5.74) is 2.94. The standard InChI is InChI=1S/C23H35BN2O/c1-17-9-7-13-19(14-8-10-17)24-23-26-21-16-15-20(25-22(21)27-23)18-11-5-3-2-4-6-12-18/h15-19,24H,2-14H2,1H3. The lowest BCUT2D eigenvalue weighted by Crippen LogP contribution is -2.21. The second-order valence-electron chi connectivity index (χ2n) is 9.25. The van der Waals surface area contributed by atoms with Crippen molar-refractivity contribution in [1.82, 2.24) is 9.97 Å². The maximum atomic E-state index is 6.13. The highest BCUT2D eigenvalue weighted by Gasteiger charge is 2.21. The first-order valence-electron chi connectivity index (χ1n) is 11.5. The lowest BCUT2D eigenvalue weighted by Gasteiger charge is -2.20. The molecule has 0 spiro atoms. The van der Waals surface area contributed by atoms with E-state index < -0.39 is 0 Å². The zero-order chi connectivity index (χ0) is 18.5. The molecule has 0 unspecified atom stereocenters. The predicted octanol–water partition coefficient (Wildman–Crippen LogP) is 5.89. The van der Waals surface area contributed by atoms with E-state index in [-0.39, 0.29) is 0 Å². The van der Waals surface area contributed by atoms with Crippen LogP contribution >= 0.6 is 0 Å². The summed E-state index contributed by atoms with van der Waals surface area (Å²) in [6.45, 7) is 2.40. The summed E-state index contributed by atoms with van der Waals surface area (Å²) < 4.78 is 6.13. The topological polar surface area (TPSA) is 38.9 Å². The number of nitrogens with zero attached hydrogens (tertiary/aromatic N) is 2. The Bertz CT molecular complexity index is 710. The molecule has 0 aromatic carbocycles. The molecule has 2 heterocycles. The van der Waals surface area contributed by atoms with E-state index in [4.69, 9.17) is 14.4 Å². The van der Waals surface area contributed by atoms with Crippen LogP contribution in [0.3, 0.4) is 0 Å². The van der Waals surface area contributed by atoms with Crippen LogP contribution < -0.4 is 5.79 Å². The number of aromatic nitrogens is 2. The molecule has 0 N–H and O–H groups in total. The summed E-state index contributed by atoms with van der Waals surface area (Å²) in [6, 6.07) is 4.35. The van der Waals surface area contributed by atoms with Crippen LogP contribution in [0.2, 0.25) is 5.82 Å². The first-order valence-corrected chi connectivity index (χ1v) is 11.5. The number of pyridine rings is 1. The average Bonchev–Trinajstić information content (AvgIpc) is 3.01. The smallest absolute Gasteiger partial charge is 0.246 e. The summed E-state index contributed by atoms with van der Waals surface area (Å²) in [6.07, 6.45) is 17.5. The van der Waals surface area contributed by atoms with Crippen LogP contribution in [0.25, 0.3) is 11.2 Å². The van der Waals surface area contributed by atoms with Crippen molar-refractivity contribution < 1.29 is 4.42 Å². The van der Waals surface area contributed by atoms with Gasteiger partial charge in [-0.1, -0.05) is 83.4 Å². The first kappa shape index (κ1) is 19.0. The fourth-order valence-corrected chi connectivity index (χ4v) is 5.19. The predicted molar refractivity (Wildman–Crippen MR) is 114 cm³/mol. The maximum absolute atomic E-state index is 6.13. The fourth-order valence-electron chi connectivity index (χ4n) is 5.19. The highest BCUT2D eigenvalue weighted by molar-refractivity contribution is 6.52. The Kier molecular flexibility index (Phi) is 6.52. The van der Waals surface area contributed by atoms with Crippen molar-refractivity contribution >= 4 is 24.3 Å². The molecule has 2 aromatic heterocycles. The average molecular weight is 366 g/mol. The van der Waals surface area contributed by atoms with Gasteiger partial charge in [0.2, 0.25) is 13.0 Å². The molecule has 0 atom stereocenters. The van der Waals surface area contributed by atoms with Crippen LogP contribution in [-0.2, 0) is 0 Å². The van der Waals surface area contributed by atoms with Crippen molar-refractivity contribution in [3.05, 3.63) is 17.8 Å². The molecule has 2 fully saturated rings. The molecule has 4 heteroatoms. The lowest BCUT2D eigenvalue weighted by molar-refractivity contribution is 0.403. The quantitative estimate of drug-likeness (QED) is 0.636. The van der Waals surface area contributed by atoms with Gasteiger partial charge < -0.3 is 4.42 Å². The van der Waals surface area contributed by atoms with Crippen molar-refractivity contribution in [2.45, 2.75) is 102 Å². The van der Waals surface area contributed by atoms with Crippen LogP contribution in [-0.4, -0.2) is 17.2 Å². The zero-order valence-corrected chi connectivity index (χ0v) is 17.1. The molecule has 2 aromatic rings. The molecule has 2 aliphatic rings. The van der Waals surface area contributed by atoms with E-state index in [0.717, 1.165) is 36.0 Å². The third-order valence-corrected chi connectivity index (χ3v) is 6.93. The van der Waals surface area contributed by atoms with Crippen LogP contribution in [0, 0.1) is 5.92 Å². The minimum absolute atomic E-state index is 0.607. The summed E-state index contributed by atoms with van der Waals surface area (Å²) >= 11 is 0. The Labute approximate surface area is 165 Å². The Morgan fingerprint density at radius 2 is 1.52 bits per heavy atom. The van der Waals surface area contributed by atoms with Crippen molar-refractivity contribution in [3.63, 3.8) is 0 Å². The maximum Gasteiger partial charge on any atom is 0.246 e. The van der Waals surface area contributed by atoms with Gasteiger partial charge >= 0.3 is 0 Å². The van der Waals surface area contributed by atoms with Gasteiger partial charge in [0, 0.05) is 11.6 Å². The molecule has 0 saturated heterocycles. The molecule has 4 rings (SSSR count). The second-order valence-corrected chi connectivity index (χ2v) is 9.25. The molecule has 3 nitrogen and oxygen atoms in total. The van der Waals surface area contributed by atoms with Crippen molar-refractivity contribution in [2.75, 3.05) is 0 Å². The molecule has 0 aliphatic heterocycles. The van der Waals surface area contributed by atoms with Crippen molar-refractivity contribution in [3.8, 4) is 0 Å². The normalized spacial score (nSPS) is 26.1. The second kappa shape index (κ2) is 9.25. The van der Waals surface area contributed by atoms with Gasteiger partial charge in [0.15, 0.2) is 0 Å². The van der Waals surface area contributed by atoms with Gasteiger partial charge in [-0.05, 0) is 30.9 Å². The number of hydrogen-bond donors (Lipinski definition) is 0. The van der Waals surface area contributed by atoms with Gasteiger partial charge in [-0.3, -0.25) is 0 Å². The SMILES string of the molecule is CC1CCCC(Bc2nc3ccc(C4CCCCCCC4)nc3o2)CCC1. The van der Waals surface area contributed by atoms with Crippen LogP contribution in [0.1, 0.15) is 102 Å². The summed E-state index contributed by atoms with van der Waals surface area (Å²) in [5.74, 6) is 3.16. The number of rotatable bonds is 3. The van der Waals surface area contributed by atoms with E-state index in [9.17, 15) is 0 Å². The highest BCUT2D eigenvalue weighted by atomic mass is 16.4. The summed E-state index contributed by atoms with van der Waals surface area (Å²) in [7, 11) is 0.990. The largest absolute Gasteiger partial charge is 0.433 e. The third kappa shape index (κ3) is 5.15. The number of fused-ring (bicyclic) bond motifs is 1. The first-order chi connectivity index (χ1) is 13.3. The molecular formula is C23H35BN2O. The Morgan fingerprint density at radius 3 is 2.26 bits per heavy atom. The molecular weight excluding hydrogens is 331 g/mol. The van der Waals surface area contributed by atoms with E-state index in [1.165, 1.54) is 89.2 Å². The molecule has 2 aliphatic carbocycles. The third-order valence-electron chi connectivity index (χ3n) is 6.93. The van der Waals surface area contributed by atoms with E-state index in [1.807, 2.05) is 0 Å². The molecule has 27 heavy (non-hydrogen) atoms. The molecule has 0 amide bonds. The van der Waals surface area contributed by atoms with Crippen molar-refractivity contribution in [1.29, 1.82) is 0 Å². The number of oxazole rings is 1. The Balaban J connectivity index is 1.44. The lowest BCUT2D eigenvalue weighted by atomic mass is 9.59. The van der Waals surface area contributed by atoms with Crippen LogP contribution in [0.5, 0.6) is 0 Å². The van der Waals surface area contributed by atoms with Crippen molar-refractivity contribution in [2.24, 2.45) is 5.92 Å². The summed E-state index contributed by atoms with van der Waals surface area (Å²) in [4.78, 5) is 9.67. The zero-order valence-electron chi connectivity index (χ0n) is 17.1. The minimum Gasteiger partial charge on any atom is -0.433 e. The van der Waals surface area contributed by atoms with Gasteiger partial charge in [0.25, 0.3) is 0 Å². The number of hydrogen-bond acceptors (Lipinski definition) is 3. The van der Waals surface area contributed by atoms with Gasteiger partial charge in [0.05, 0.1) is 0 Å². The van der Waals surface area contributed by atoms with Crippen LogP contribution in [0.15, 0.2) is 16.5 Å². The molecule has 2 saturated carbocycles. The molecule has 0 radical (unpaired) electrons. The summed E-state index contributed by atoms with van der Waals surface area (Å²) in [5, 5.41) is 0. The molecule has 146 valence electrons. The highest BCUT2D eigenvalue weighted by Crippen LogP contribution is 2.31. The fraction of sp³-hybridized carbons (Fsp3) is 0.739. The van der Waals surface area contributed by atoms with Gasteiger partial charge in [-0.2, -0.15) is 0 Å². The van der Waals surface area contributed by atoms with Gasteiger partial charge in [-0.15, -0.1) is 0 Å². The van der Waals surface area contributed by atoms with Gasteiger partial charge in [-0.25, -0.2) is 9.97 Å². The van der Waals surface area contributed by atoms with Gasteiger partial charge in [0.1, 0.15) is 11.3 Å². The van der Waals surface area contributed by atoms with Crippen LogP contribution in [0.4, 0.5) is 0 Å².